The largest absolute Gasteiger partial charge is 0.322 e. The molecule has 0 spiro atoms. The van der Waals surface area contributed by atoms with E-state index >= 15 is 0 Å². The molecule has 1 N–H and O–H groups in total. The summed E-state index contributed by atoms with van der Waals surface area (Å²) >= 11 is 0. The van der Waals surface area contributed by atoms with E-state index in [1.54, 1.807) is 23.1 Å². The molecule has 2 aliphatic heterocycles. The molecule has 0 bridgehead atoms. The molecular formula is C19H26N4O3. The SMILES string of the molecule is CCN1CCN(C(=O)Nc2ccc3c(c2)C(=O)N(C(C)(C)C)C3=O)CC1. The number of nitrogens with one attached hydrogen (secondary N) is 1. The van der Waals surface area contributed by atoms with Gasteiger partial charge in [-0.15, -0.1) is 0 Å². The van der Waals surface area contributed by atoms with Gasteiger partial charge in [-0.05, 0) is 45.5 Å². The van der Waals surface area contributed by atoms with E-state index in [0.29, 0.717) is 29.9 Å². The maximum absolute atomic E-state index is 12.6. The molecule has 2 heterocycles. The molecule has 3 rings (SSSR count). The van der Waals surface area contributed by atoms with Gasteiger partial charge in [0.25, 0.3) is 11.8 Å². The van der Waals surface area contributed by atoms with Gasteiger partial charge in [0.1, 0.15) is 0 Å². The topological polar surface area (TPSA) is 73.0 Å². The zero-order valence-electron chi connectivity index (χ0n) is 15.8. The Morgan fingerprint density at radius 3 is 2.23 bits per heavy atom. The molecule has 1 aromatic carbocycles. The smallest absolute Gasteiger partial charge is 0.321 e. The first-order chi connectivity index (χ1) is 12.2. The Morgan fingerprint density at radius 1 is 1.04 bits per heavy atom. The molecule has 2 aliphatic rings. The van der Waals surface area contributed by atoms with Crippen molar-refractivity contribution >= 4 is 23.5 Å². The number of fused-ring (bicyclic) bond motifs is 1. The molecule has 0 unspecified atom stereocenters. The Morgan fingerprint density at radius 2 is 1.65 bits per heavy atom. The minimum absolute atomic E-state index is 0.176. The molecule has 7 nitrogen and oxygen atoms in total. The number of piperazine rings is 1. The number of hydrogen-bond acceptors (Lipinski definition) is 4. The molecule has 140 valence electrons. The number of urea groups is 1. The van der Waals surface area contributed by atoms with Gasteiger partial charge in [-0.1, -0.05) is 6.92 Å². The minimum atomic E-state index is -0.588. The van der Waals surface area contributed by atoms with Crippen molar-refractivity contribution in [3.63, 3.8) is 0 Å². The summed E-state index contributed by atoms with van der Waals surface area (Å²) in [5.41, 5.74) is 0.678. The lowest BCUT2D eigenvalue weighted by atomic mass is 10.1. The van der Waals surface area contributed by atoms with Crippen LogP contribution >= 0.6 is 0 Å². The van der Waals surface area contributed by atoms with E-state index in [2.05, 4.69) is 17.1 Å². The molecular weight excluding hydrogens is 332 g/mol. The fourth-order valence-corrected chi connectivity index (χ4v) is 3.40. The third kappa shape index (κ3) is 3.31. The highest BCUT2D eigenvalue weighted by Crippen LogP contribution is 2.31. The van der Waals surface area contributed by atoms with Crippen LogP contribution in [0.15, 0.2) is 18.2 Å². The number of rotatable bonds is 2. The Labute approximate surface area is 153 Å². The van der Waals surface area contributed by atoms with Crippen molar-refractivity contribution in [3.8, 4) is 0 Å². The molecule has 0 atom stereocenters. The number of benzene rings is 1. The van der Waals surface area contributed by atoms with Crippen LogP contribution in [0.2, 0.25) is 0 Å². The summed E-state index contributed by atoms with van der Waals surface area (Å²) in [6.07, 6.45) is 0. The lowest BCUT2D eigenvalue weighted by Gasteiger charge is -2.34. The molecule has 1 aromatic rings. The van der Waals surface area contributed by atoms with E-state index in [1.165, 1.54) is 4.90 Å². The average molecular weight is 358 g/mol. The summed E-state index contributed by atoms with van der Waals surface area (Å²) in [6, 6.07) is 4.72. The highest BCUT2D eigenvalue weighted by atomic mass is 16.2. The van der Waals surface area contributed by atoms with Crippen molar-refractivity contribution in [2.75, 3.05) is 38.0 Å². The van der Waals surface area contributed by atoms with Gasteiger partial charge >= 0.3 is 6.03 Å². The molecule has 1 saturated heterocycles. The third-order valence-electron chi connectivity index (χ3n) is 4.92. The lowest BCUT2D eigenvalue weighted by Crippen LogP contribution is -2.49. The van der Waals surface area contributed by atoms with Gasteiger partial charge in [-0.3, -0.25) is 14.5 Å². The third-order valence-corrected chi connectivity index (χ3v) is 4.92. The highest BCUT2D eigenvalue weighted by Gasteiger charge is 2.41. The van der Waals surface area contributed by atoms with Crippen LogP contribution in [0, 0.1) is 0 Å². The van der Waals surface area contributed by atoms with Crippen LogP contribution in [0.25, 0.3) is 0 Å². The molecule has 4 amide bonds. The summed E-state index contributed by atoms with van der Waals surface area (Å²) in [7, 11) is 0. The fraction of sp³-hybridized carbons (Fsp3) is 0.526. The van der Waals surface area contributed by atoms with Crippen LogP contribution in [-0.2, 0) is 0 Å². The maximum Gasteiger partial charge on any atom is 0.321 e. The van der Waals surface area contributed by atoms with E-state index < -0.39 is 5.54 Å². The number of amides is 4. The number of carbonyl (C=O) groups is 3. The van der Waals surface area contributed by atoms with E-state index in [4.69, 9.17) is 0 Å². The van der Waals surface area contributed by atoms with Crippen LogP contribution in [0.3, 0.4) is 0 Å². The first-order valence-corrected chi connectivity index (χ1v) is 9.03. The van der Waals surface area contributed by atoms with Gasteiger partial charge < -0.3 is 15.1 Å². The van der Waals surface area contributed by atoms with E-state index in [0.717, 1.165) is 19.6 Å². The van der Waals surface area contributed by atoms with Gasteiger partial charge in [0.05, 0.1) is 11.1 Å². The molecule has 0 aromatic heterocycles. The van der Waals surface area contributed by atoms with Crippen molar-refractivity contribution < 1.29 is 14.4 Å². The fourth-order valence-electron chi connectivity index (χ4n) is 3.40. The Balaban J connectivity index is 1.73. The Bertz CT molecular complexity index is 746. The summed E-state index contributed by atoms with van der Waals surface area (Å²) < 4.78 is 0. The second-order valence-electron chi connectivity index (χ2n) is 7.73. The van der Waals surface area contributed by atoms with Gasteiger partial charge in [-0.2, -0.15) is 0 Å². The molecule has 0 radical (unpaired) electrons. The number of nitrogens with zero attached hydrogens (tertiary/aromatic N) is 3. The predicted octanol–water partition coefficient (Wildman–Crippen LogP) is 2.25. The number of anilines is 1. The summed E-state index contributed by atoms with van der Waals surface area (Å²) in [5.74, 6) is -0.601. The van der Waals surface area contributed by atoms with Crippen molar-refractivity contribution in [1.82, 2.24) is 14.7 Å². The lowest BCUT2D eigenvalue weighted by molar-refractivity contribution is 0.0507. The molecule has 0 aliphatic carbocycles. The van der Waals surface area contributed by atoms with Crippen molar-refractivity contribution in [3.05, 3.63) is 29.3 Å². The average Bonchev–Trinajstić information content (AvgIpc) is 2.85. The maximum atomic E-state index is 12.6. The van der Waals surface area contributed by atoms with Crippen LogP contribution in [0.5, 0.6) is 0 Å². The van der Waals surface area contributed by atoms with Crippen LogP contribution in [0.1, 0.15) is 48.4 Å². The van der Waals surface area contributed by atoms with E-state index in [9.17, 15) is 14.4 Å². The number of imide groups is 1. The van der Waals surface area contributed by atoms with Crippen molar-refractivity contribution in [1.29, 1.82) is 0 Å². The van der Waals surface area contributed by atoms with E-state index in [1.807, 2.05) is 20.8 Å². The summed E-state index contributed by atoms with van der Waals surface area (Å²) in [5, 5.41) is 2.85. The molecule has 0 saturated carbocycles. The standard InChI is InChI=1S/C19H26N4O3/c1-5-21-8-10-22(11-9-21)18(26)20-13-6-7-14-15(12-13)17(25)23(16(14)24)19(2,3)4/h6-7,12H,5,8-11H2,1-4H3,(H,20,26). The van der Waals surface area contributed by atoms with Crippen molar-refractivity contribution in [2.45, 2.75) is 33.2 Å². The predicted molar refractivity (Wildman–Crippen MR) is 99.4 cm³/mol. The zero-order chi connectivity index (χ0) is 19.1. The monoisotopic (exact) mass is 358 g/mol. The Hall–Kier alpha value is -2.41. The normalized spacial score (nSPS) is 18.3. The molecule has 7 heteroatoms. The Kier molecular flexibility index (Phi) is 4.75. The molecule has 1 fully saturated rings. The first-order valence-electron chi connectivity index (χ1n) is 9.03. The van der Waals surface area contributed by atoms with E-state index in [-0.39, 0.29) is 17.8 Å². The highest BCUT2D eigenvalue weighted by molar-refractivity contribution is 6.22. The second kappa shape index (κ2) is 6.72. The van der Waals surface area contributed by atoms with Crippen LogP contribution < -0.4 is 5.32 Å². The first kappa shape index (κ1) is 18.4. The zero-order valence-corrected chi connectivity index (χ0v) is 15.8. The number of likely N-dealkylation sites (N-methyl/N-ethyl adjacent to an activating group) is 1. The summed E-state index contributed by atoms with van der Waals surface area (Å²) in [6.45, 7) is 11.7. The summed E-state index contributed by atoms with van der Waals surface area (Å²) in [4.78, 5) is 42.9. The van der Waals surface area contributed by atoms with Crippen molar-refractivity contribution in [2.24, 2.45) is 0 Å². The van der Waals surface area contributed by atoms with Crippen LogP contribution in [0.4, 0.5) is 10.5 Å². The van der Waals surface area contributed by atoms with Gasteiger partial charge in [0.15, 0.2) is 0 Å². The molecule has 26 heavy (non-hydrogen) atoms. The minimum Gasteiger partial charge on any atom is -0.322 e. The van der Waals surface area contributed by atoms with Gasteiger partial charge in [-0.25, -0.2) is 4.79 Å². The van der Waals surface area contributed by atoms with Crippen LogP contribution in [-0.4, -0.2) is 70.8 Å². The quantitative estimate of drug-likeness (QED) is 0.823. The van der Waals surface area contributed by atoms with Gasteiger partial charge in [0.2, 0.25) is 0 Å². The number of carbonyl (C=O) groups excluding carboxylic acids is 3. The second-order valence-corrected chi connectivity index (χ2v) is 7.73. The number of hydrogen-bond donors (Lipinski definition) is 1. The van der Waals surface area contributed by atoms with Gasteiger partial charge in [0, 0.05) is 37.4 Å².